The normalized spacial score (nSPS) is 18.9. The Morgan fingerprint density at radius 3 is 2.35 bits per heavy atom. The van der Waals surface area contributed by atoms with Crippen LogP contribution in [0.2, 0.25) is 0 Å². The molecule has 3 rings (SSSR count). The molecule has 7 nitrogen and oxygen atoms in total. The van der Waals surface area contributed by atoms with E-state index in [0.29, 0.717) is 13.2 Å². The summed E-state index contributed by atoms with van der Waals surface area (Å²) in [5, 5.41) is 11.9. The summed E-state index contributed by atoms with van der Waals surface area (Å²) in [6.45, 7) is 4.99. The summed E-state index contributed by atoms with van der Waals surface area (Å²) in [4.78, 5) is 18.0. The van der Waals surface area contributed by atoms with Crippen LogP contribution >= 0.6 is 0 Å². The van der Waals surface area contributed by atoms with Gasteiger partial charge in [0.15, 0.2) is 0 Å². The van der Waals surface area contributed by atoms with Gasteiger partial charge in [-0.2, -0.15) is 0 Å². The molecule has 2 aromatic rings. The van der Waals surface area contributed by atoms with Gasteiger partial charge in [0, 0.05) is 5.92 Å². The Morgan fingerprint density at radius 2 is 1.71 bits per heavy atom. The third kappa shape index (κ3) is 6.27. The first kappa shape index (κ1) is 23.2. The van der Waals surface area contributed by atoms with Gasteiger partial charge >= 0.3 is 0 Å². The van der Waals surface area contributed by atoms with Crippen LogP contribution in [0.3, 0.4) is 0 Å². The molecule has 1 fully saturated rings. The van der Waals surface area contributed by atoms with Crippen LogP contribution in [-0.4, -0.2) is 48.7 Å². The molecule has 1 N–H and O–H groups in total. The summed E-state index contributed by atoms with van der Waals surface area (Å²) >= 11 is 0. The van der Waals surface area contributed by atoms with E-state index in [1.54, 1.807) is 7.11 Å². The van der Waals surface area contributed by atoms with E-state index >= 15 is 0 Å². The molecular weight excluding hydrogens is 398 g/mol. The molecular formula is C24H31NO6. The molecule has 168 valence electrons. The largest absolute Gasteiger partial charge is 0.497 e. The number of carbonyl (C=O) groups excluding carboxylic acids is 1. The fraction of sp³-hybridized carbons (Fsp3) is 0.458. The molecule has 0 saturated carbocycles. The highest BCUT2D eigenvalue weighted by atomic mass is 16.7. The minimum absolute atomic E-state index is 0.128. The number of aliphatic hydroxyl groups excluding tert-OH is 1. The Morgan fingerprint density at radius 1 is 1.03 bits per heavy atom. The van der Waals surface area contributed by atoms with Gasteiger partial charge in [-0.25, -0.2) is 5.06 Å². The van der Waals surface area contributed by atoms with Crippen molar-refractivity contribution in [1.29, 1.82) is 0 Å². The van der Waals surface area contributed by atoms with E-state index in [1.807, 2.05) is 68.4 Å². The Labute approximate surface area is 183 Å². The van der Waals surface area contributed by atoms with Crippen molar-refractivity contribution < 1.29 is 28.9 Å². The maximum atomic E-state index is 12.4. The van der Waals surface area contributed by atoms with Crippen molar-refractivity contribution in [3.8, 4) is 5.75 Å². The monoisotopic (exact) mass is 429 g/mol. The molecule has 1 amide bonds. The van der Waals surface area contributed by atoms with E-state index < -0.39 is 12.0 Å². The molecule has 0 bridgehead atoms. The van der Waals surface area contributed by atoms with Gasteiger partial charge in [0.1, 0.15) is 19.1 Å². The zero-order chi connectivity index (χ0) is 22.2. The van der Waals surface area contributed by atoms with E-state index in [-0.39, 0.29) is 31.3 Å². The lowest BCUT2D eigenvalue weighted by Gasteiger charge is -2.41. The molecule has 1 aliphatic rings. The second-order valence-corrected chi connectivity index (χ2v) is 7.80. The summed E-state index contributed by atoms with van der Waals surface area (Å²) in [6.07, 6.45) is -1.06. The zero-order valence-corrected chi connectivity index (χ0v) is 18.3. The second-order valence-electron chi connectivity index (χ2n) is 7.80. The molecule has 0 aliphatic carbocycles. The van der Waals surface area contributed by atoms with Crippen LogP contribution < -0.4 is 4.74 Å². The molecule has 7 heteroatoms. The van der Waals surface area contributed by atoms with Gasteiger partial charge in [-0.05, 0) is 30.2 Å². The lowest BCUT2D eigenvalue weighted by Crippen LogP contribution is -2.58. The molecule has 1 saturated heterocycles. The number of hydrogen-bond acceptors (Lipinski definition) is 6. The van der Waals surface area contributed by atoms with Gasteiger partial charge < -0.3 is 19.3 Å². The molecule has 31 heavy (non-hydrogen) atoms. The molecule has 4 atom stereocenters. The fourth-order valence-corrected chi connectivity index (χ4v) is 3.35. The molecule has 2 aromatic carbocycles. The minimum atomic E-state index is -0.808. The third-order valence-corrected chi connectivity index (χ3v) is 5.69. The third-order valence-electron chi connectivity index (χ3n) is 5.69. The number of benzene rings is 2. The van der Waals surface area contributed by atoms with Crippen LogP contribution in [0.15, 0.2) is 54.6 Å². The van der Waals surface area contributed by atoms with Crippen LogP contribution in [0, 0.1) is 11.8 Å². The van der Waals surface area contributed by atoms with Gasteiger partial charge in [-0.3, -0.25) is 9.63 Å². The van der Waals surface area contributed by atoms with Crippen LogP contribution in [0.5, 0.6) is 5.75 Å². The molecule has 0 unspecified atom stereocenters. The van der Waals surface area contributed by atoms with Crippen molar-refractivity contribution in [2.24, 2.45) is 11.8 Å². The van der Waals surface area contributed by atoms with E-state index in [9.17, 15) is 9.90 Å². The number of carbonyl (C=O) groups is 1. The average molecular weight is 430 g/mol. The standard InChI is InChI=1S/C24H31NO6/c1-17(18(2)30-16-29-14-19-7-5-4-6-8-19)23(26)22-13-25(24(22)27)31-15-20-9-11-21(28-3)12-10-20/h4-12,17-18,22-23,26H,13-16H2,1-3H3/t17-,18-,22-,23-/m0/s1. The molecule has 0 radical (unpaired) electrons. The van der Waals surface area contributed by atoms with E-state index in [1.165, 1.54) is 5.06 Å². The smallest absolute Gasteiger partial charge is 0.253 e. The first-order chi connectivity index (χ1) is 15.0. The lowest BCUT2D eigenvalue weighted by molar-refractivity contribution is -0.237. The highest BCUT2D eigenvalue weighted by Crippen LogP contribution is 2.28. The van der Waals surface area contributed by atoms with Gasteiger partial charge in [-0.15, -0.1) is 0 Å². The molecule has 1 aliphatic heterocycles. The Hall–Kier alpha value is -2.45. The second kappa shape index (κ2) is 11.2. The predicted molar refractivity (Wildman–Crippen MR) is 115 cm³/mol. The number of rotatable bonds is 12. The van der Waals surface area contributed by atoms with Crippen molar-refractivity contribution in [3.05, 3.63) is 65.7 Å². The maximum Gasteiger partial charge on any atom is 0.253 e. The van der Waals surface area contributed by atoms with Crippen LogP contribution in [0.1, 0.15) is 25.0 Å². The summed E-state index contributed by atoms with van der Waals surface area (Å²) in [5.41, 5.74) is 2.00. The number of amides is 1. The SMILES string of the molecule is COc1ccc(CON2C[C@@H]([C@@H](O)[C@@H](C)[C@H](C)OCOCc3ccccc3)C2=O)cc1. The number of aliphatic hydroxyl groups is 1. The number of hydrogen-bond donors (Lipinski definition) is 1. The van der Waals surface area contributed by atoms with Crippen LogP contribution in [0.25, 0.3) is 0 Å². The molecule has 1 heterocycles. The van der Waals surface area contributed by atoms with Crippen molar-refractivity contribution in [2.45, 2.75) is 39.3 Å². The van der Waals surface area contributed by atoms with Crippen molar-refractivity contribution in [2.75, 3.05) is 20.4 Å². The van der Waals surface area contributed by atoms with Crippen molar-refractivity contribution in [1.82, 2.24) is 5.06 Å². The number of β-lactam (4-membered cyclic amide) rings is 1. The van der Waals surface area contributed by atoms with E-state index in [2.05, 4.69) is 0 Å². The van der Waals surface area contributed by atoms with E-state index in [4.69, 9.17) is 19.0 Å². The van der Waals surface area contributed by atoms with Gasteiger partial charge in [0.05, 0.1) is 38.4 Å². The van der Waals surface area contributed by atoms with Crippen LogP contribution in [0.4, 0.5) is 0 Å². The maximum absolute atomic E-state index is 12.4. The number of methoxy groups -OCH3 is 1. The predicted octanol–water partition coefficient (Wildman–Crippen LogP) is 3.16. The minimum Gasteiger partial charge on any atom is -0.497 e. The molecule has 0 aromatic heterocycles. The summed E-state index contributed by atoms with van der Waals surface area (Å²) in [5.74, 6) is -0.150. The quantitative estimate of drug-likeness (QED) is 0.317. The van der Waals surface area contributed by atoms with Crippen LogP contribution in [-0.2, 0) is 32.3 Å². The summed E-state index contributed by atoms with van der Waals surface area (Å²) < 4.78 is 16.4. The van der Waals surface area contributed by atoms with Gasteiger partial charge in [0.25, 0.3) is 5.91 Å². The highest BCUT2D eigenvalue weighted by molar-refractivity contribution is 5.84. The first-order valence-electron chi connectivity index (χ1n) is 10.5. The summed E-state index contributed by atoms with van der Waals surface area (Å²) in [6, 6.07) is 17.3. The number of nitrogens with zero attached hydrogens (tertiary/aromatic N) is 1. The van der Waals surface area contributed by atoms with Crippen molar-refractivity contribution in [3.63, 3.8) is 0 Å². The number of ether oxygens (including phenoxy) is 3. The topological polar surface area (TPSA) is 77.5 Å². The van der Waals surface area contributed by atoms with E-state index in [0.717, 1.165) is 16.9 Å². The lowest BCUT2D eigenvalue weighted by atomic mass is 9.84. The van der Waals surface area contributed by atoms with Gasteiger partial charge in [0.2, 0.25) is 0 Å². The number of hydroxylamine groups is 2. The van der Waals surface area contributed by atoms with Crippen molar-refractivity contribution >= 4 is 5.91 Å². The highest BCUT2D eigenvalue weighted by Gasteiger charge is 2.45. The Bertz CT molecular complexity index is 813. The Kier molecular flexibility index (Phi) is 8.43. The van der Waals surface area contributed by atoms with Gasteiger partial charge in [-0.1, -0.05) is 49.4 Å². The summed E-state index contributed by atoms with van der Waals surface area (Å²) in [7, 11) is 1.61. The average Bonchev–Trinajstić information content (AvgIpc) is 2.81. The fourth-order valence-electron chi connectivity index (χ4n) is 3.35. The zero-order valence-electron chi connectivity index (χ0n) is 18.3. The molecule has 0 spiro atoms. The Balaban J connectivity index is 1.36. The first-order valence-corrected chi connectivity index (χ1v) is 10.5.